The highest BCUT2D eigenvalue weighted by Gasteiger charge is 2.23. The minimum Gasteiger partial charge on any atom is -0.469 e. The molecule has 1 N–H and O–H groups in total. The molecule has 1 aliphatic heterocycles. The van der Waals surface area contributed by atoms with Gasteiger partial charge in [-0.15, -0.1) is 0 Å². The fraction of sp³-hybridized carbons (Fsp3) is 0.750. The maximum absolute atomic E-state index is 11.3. The van der Waals surface area contributed by atoms with Crippen molar-refractivity contribution in [2.24, 2.45) is 0 Å². The summed E-state index contributed by atoms with van der Waals surface area (Å²) < 4.78 is 4.39. The van der Waals surface area contributed by atoms with Gasteiger partial charge in [-0.2, -0.15) is 0 Å². The zero-order valence-electron chi connectivity index (χ0n) is 7.13. The lowest BCUT2D eigenvalue weighted by atomic mass is 10.1. The number of hydrogen-bond donors (Lipinski definition) is 1. The maximum Gasteiger partial charge on any atom is 0.313 e. The quantitative estimate of drug-likeness (QED) is 0.474. The molecule has 0 aromatic heterocycles. The number of nitrogens with one attached hydrogen (secondary N) is 1. The monoisotopic (exact) mass is 171 g/mol. The van der Waals surface area contributed by atoms with Crippen LogP contribution in [0.4, 0.5) is 0 Å². The van der Waals surface area contributed by atoms with Crippen LogP contribution in [0.3, 0.4) is 0 Å². The molecule has 1 rings (SSSR count). The first-order chi connectivity index (χ1) is 5.74. The first-order valence-corrected chi connectivity index (χ1v) is 4.07. The smallest absolute Gasteiger partial charge is 0.313 e. The molecule has 1 aliphatic rings. The summed E-state index contributed by atoms with van der Waals surface area (Å²) in [6, 6.07) is -0.121. The van der Waals surface area contributed by atoms with Crippen LogP contribution in [0.2, 0.25) is 0 Å². The Morgan fingerprint density at radius 3 is 2.83 bits per heavy atom. The van der Waals surface area contributed by atoms with E-state index in [1.54, 1.807) is 0 Å². The van der Waals surface area contributed by atoms with E-state index in [0.717, 1.165) is 19.4 Å². The van der Waals surface area contributed by atoms with E-state index in [1.165, 1.54) is 7.11 Å². The van der Waals surface area contributed by atoms with Crippen LogP contribution in [0.1, 0.15) is 19.3 Å². The Bertz CT molecular complexity index is 185. The molecule has 0 radical (unpaired) electrons. The zero-order valence-corrected chi connectivity index (χ0v) is 7.13. The van der Waals surface area contributed by atoms with Gasteiger partial charge in [-0.05, 0) is 19.4 Å². The van der Waals surface area contributed by atoms with Crippen LogP contribution in [0, 0.1) is 0 Å². The molecule has 0 spiro atoms. The number of ketones is 1. The molecule has 0 aromatic rings. The molecule has 0 aromatic carbocycles. The lowest BCUT2D eigenvalue weighted by Gasteiger charge is -2.06. The van der Waals surface area contributed by atoms with Crippen molar-refractivity contribution in [3.8, 4) is 0 Å². The van der Waals surface area contributed by atoms with Gasteiger partial charge in [0.1, 0.15) is 6.42 Å². The van der Waals surface area contributed by atoms with Gasteiger partial charge < -0.3 is 10.1 Å². The van der Waals surface area contributed by atoms with Gasteiger partial charge in [-0.3, -0.25) is 9.59 Å². The molecule has 68 valence electrons. The van der Waals surface area contributed by atoms with Crippen molar-refractivity contribution in [2.75, 3.05) is 13.7 Å². The molecular formula is C8H13NO3. The highest BCUT2D eigenvalue weighted by atomic mass is 16.5. The molecular weight excluding hydrogens is 158 g/mol. The van der Waals surface area contributed by atoms with E-state index in [9.17, 15) is 9.59 Å². The van der Waals surface area contributed by atoms with Crippen LogP contribution in [0.15, 0.2) is 0 Å². The molecule has 12 heavy (non-hydrogen) atoms. The van der Waals surface area contributed by atoms with Crippen molar-refractivity contribution in [1.29, 1.82) is 0 Å². The first-order valence-electron chi connectivity index (χ1n) is 4.07. The molecule has 1 fully saturated rings. The number of methoxy groups -OCH3 is 1. The third-order valence-electron chi connectivity index (χ3n) is 2.00. The average Bonchev–Trinajstić information content (AvgIpc) is 2.56. The van der Waals surface area contributed by atoms with E-state index in [1.807, 2.05) is 0 Å². The third-order valence-corrected chi connectivity index (χ3v) is 2.00. The first kappa shape index (κ1) is 9.19. The van der Waals surface area contributed by atoms with Crippen LogP contribution in [-0.4, -0.2) is 31.4 Å². The fourth-order valence-electron chi connectivity index (χ4n) is 1.30. The van der Waals surface area contributed by atoms with E-state index < -0.39 is 5.97 Å². The van der Waals surface area contributed by atoms with Crippen molar-refractivity contribution >= 4 is 11.8 Å². The van der Waals surface area contributed by atoms with E-state index in [4.69, 9.17) is 0 Å². The Morgan fingerprint density at radius 1 is 1.58 bits per heavy atom. The lowest BCUT2D eigenvalue weighted by Crippen LogP contribution is -2.32. The van der Waals surface area contributed by atoms with Crippen LogP contribution in [-0.2, 0) is 14.3 Å². The van der Waals surface area contributed by atoms with Crippen molar-refractivity contribution in [1.82, 2.24) is 5.32 Å². The number of rotatable bonds is 3. The molecule has 1 saturated heterocycles. The number of carbonyl (C=O) groups is 2. The Balaban J connectivity index is 2.32. The van der Waals surface area contributed by atoms with Crippen LogP contribution in [0.25, 0.3) is 0 Å². The topological polar surface area (TPSA) is 55.4 Å². The highest BCUT2D eigenvalue weighted by Crippen LogP contribution is 2.07. The molecule has 0 saturated carbocycles. The van der Waals surface area contributed by atoms with Gasteiger partial charge in [0, 0.05) is 0 Å². The largest absolute Gasteiger partial charge is 0.469 e. The Kier molecular flexibility index (Phi) is 3.22. The molecule has 4 heteroatoms. The van der Waals surface area contributed by atoms with Crippen molar-refractivity contribution in [3.63, 3.8) is 0 Å². The van der Waals surface area contributed by atoms with E-state index >= 15 is 0 Å². The van der Waals surface area contributed by atoms with Gasteiger partial charge in [0.15, 0.2) is 5.78 Å². The normalized spacial score (nSPS) is 22.2. The number of esters is 1. The molecule has 1 heterocycles. The number of hydrogen-bond acceptors (Lipinski definition) is 4. The van der Waals surface area contributed by atoms with E-state index in [-0.39, 0.29) is 18.2 Å². The lowest BCUT2D eigenvalue weighted by molar-refractivity contribution is -0.143. The molecule has 0 bridgehead atoms. The zero-order chi connectivity index (χ0) is 8.97. The standard InChI is InChI=1S/C8H13NO3/c1-12-8(11)5-7(10)6-3-2-4-9-6/h6,9H,2-5H2,1H3. The molecule has 0 aliphatic carbocycles. The van der Waals surface area contributed by atoms with Crippen LogP contribution >= 0.6 is 0 Å². The van der Waals surface area contributed by atoms with Gasteiger partial charge in [-0.25, -0.2) is 0 Å². The summed E-state index contributed by atoms with van der Waals surface area (Å²) in [6.45, 7) is 0.873. The molecule has 1 unspecified atom stereocenters. The number of Topliss-reactive ketones (excluding diaryl/α,β-unsaturated/α-hetero) is 1. The van der Waals surface area contributed by atoms with Gasteiger partial charge in [-0.1, -0.05) is 0 Å². The Labute approximate surface area is 71.3 Å². The predicted octanol–water partition coefficient (Wildman–Crippen LogP) is -0.129. The summed E-state index contributed by atoms with van der Waals surface area (Å²) >= 11 is 0. The van der Waals surface area contributed by atoms with Crippen molar-refractivity contribution in [3.05, 3.63) is 0 Å². The van der Waals surface area contributed by atoms with Gasteiger partial charge >= 0.3 is 5.97 Å². The van der Waals surface area contributed by atoms with Crippen LogP contribution < -0.4 is 5.32 Å². The summed E-state index contributed by atoms with van der Waals surface area (Å²) in [5.41, 5.74) is 0. The van der Waals surface area contributed by atoms with Gasteiger partial charge in [0.05, 0.1) is 13.2 Å². The summed E-state index contributed by atoms with van der Waals surface area (Å²) in [5, 5.41) is 3.03. The second-order valence-corrected chi connectivity index (χ2v) is 2.87. The van der Waals surface area contributed by atoms with Crippen LogP contribution in [0.5, 0.6) is 0 Å². The number of carbonyl (C=O) groups excluding carboxylic acids is 2. The van der Waals surface area contributed by atoms with E-state index in [0.29, 0.717) is 0 Å². The summed E-state index contributed by atoms with van der Waals surface area (Å²) in [5.74, 6) is -0.506. The summed E-state index contributed by atoms with van der Waals surface area (Å²) in [4.78, 5) is 22.0. The van der Waals surface area contributed by atoms with E-state index in [2.05, 4.69) is 10.1 Å². The highest BCUT2D eigenvalue weighted by molar-refractivity contribution is 5.98. The van der Waals surface area contributed by atoms with Gasteiger partial charge in [0.25, 0.3) is 0 Å². The minimum absolute atomic E-state index is 0.0562. The maximum atomic E-state index is 11.3. The Hall–Kier alpha value is -0.900. The summed E-state index contributed by atoms with van der Waals surface area (Å²) in [7, 11) is 1.29. The molecule has 4 nitrogen and oxygen atoms in total. The SMILES string of the molecule is COC(=O)CC(=O)C1CCCN1. The third kappa shape index (κ3) is 2.30. The number of ether oxygens (including phenoxy) is 1. The van der Waals surface area contributed by atoms with Crippen molar-refractivity contribution < 1.29 is 14.3 Å². The predicted molar refractivity (Wildman–Crippen MR) is 42.7 cm³/mol. The second kappa shape index (κ2) is 4.21. The minimum atomic E-state index is -0.450. The second-order valence-electron chi connectivity index (χ2n) is 2.87. The summed E-state index contributed by atoms with van der Waals surface area (Å²) in [6.07, 6.45) is 1.75. The van der Waals surface area contributed by atoms with Crippen molar-refractivity contribution in [2.45, 2.75) is 25.3 Å². The molecule has 0 amide bonds. The Morgan fingerprint density at radius 2 is 2.33 bits per heavy atom. The average molecular weight is 171 g/mol. The fourth-order valence-corrected chi connectivity index (χ4v) is 1.30. The molecule has 1 atom stereocenters. The van der Waals surface area contributed by atoms with Gasteiger partial charge in [0.2, 0.25) is 0 Å².